The van der Waals surface area contributed by atoms with Gasteiger partial charge in [0.2, 0.25) is 35.4 Å². The Hall–Kier alpha value is -9.91. The maximum absolute atomic E-state index is 15.3. The molecule has 13 atom stereocenters. The number of likely N-dealkylation sites (N-methyl/N-ethyl adjacent to an activating group) is 1. The van der Waals surface area contributed by atoms with Gasteiger partial charge in [-0.05, 0) is 96.3 Å². The lowest BCUT2D eigenvalue weighted by atomic mass is 9.98. The van der Waals surface area contributed by atoms with Gasteiger partial charge in [-0.2, -0.15) is 0 Å². The van der Waals surface area contributed by atoms with Crippen molar-refractivity contribution in [2.24, 2.45) is 5.92 Å². The second-order valence-corrected chi connectivity index (χ2v) is 27.6. The van der Waals surface area contributed by atoms with Crippen molar-refractivity contribution in [3.05, 3.63) is 143 Å². The first-order valence-corrected chi connectivity index (χ1v) is 34.0. The van der Waals surface area contributed by atoms with E-state index in [1.54, 1.807) is 0 Å². The van der Waals surface area contributed by atoms with Crippen LogP contribution < -0.4 is 36.6 Å². The van der Waals surface area contributed by atoms with Gasteiger partial charge in [-0.15, -0.1) is 0 Å². The number of phenols is 1. The molecule has 3 heterocycles. The molecule has 0 saturated carbocycles. The smallest absolute Gasteiger partial charge is 0.409 e. The quantitative estimate of drug-likeness (QED) is 0.0588. The molecule has 5 aromatic carbocycles. The predicted molar refractivity (Wildman–Crippen MR) is 366 cm³/mol. The molecule has 3 fully saturated rings. The van der Waals surface area contributed by atoms with Crippen LogP contribution in [0, 0.1) is 5.92 Å². The van der Waals surface area contributed by atoms with Gasteiger partial charge in [-0.1, -0.05) is 110 Å². The van der Waals surface area contributed by atoms with Crippen molar-refractivity contribution in [2.75, 3.05) is 59.6 Å². The predicted octanol–water partition coefficient (Wildman–Crippen LogP) is 1.62. The Kier molecular flexibility index (Phi) is 23.7. The standard InChI is InChI=1S/C73H89N9O20/c1-38-34-82-62(63(38)89)67(93)75-33-41(84)31-53(76-71(97)102-73(3,4)5)64(90)77-59(39(2)83)68(94)81-35-42(85)32-54(81)65(91)78-60(66(92)79-61(69(82)95)56(87)25-26-74-70(96)100-36-51-47-19-11-7-15-43(47)44-16-8-12-20-48(44)51)57(88)29-40-23-24-55(86)58(30-40)99-28-27-80(6)72(98)101-37-52-49-21-13-9-17-45(49)46-18-10-14-22-50(46)52/h7-24,30,38-39,41-42,51-54,56-57,59-63,83-89H,25-29,31-37H2,1-6H3,(H,74,96)(H,75,93)(H,76,97)(H,77,90)(H,78,91)(H,79,92)/t38-,39+,41+,42+,53-,54-,56+,57+,59-,60-,61-,62-,63-/m0/s1. The fourth-order valence-corrected chi connectivity index (χ4v) is 13.8. The largest absolute Gasteiger partial charge is 0.504 e. The molecule has 546 valence electrons. The summed E-state index contributed by atoms with van der Waals surface area (Å²) >= 11 is 0. The van der Waals surface area contributed by atoms with Crippen molar-refractivity contribution in [2.45, 2.75) is 151 Å². The summed E-state index contributed by atoms with van der Waals surface area (Å²) in [7, 11) is 1.50. The van der Waals surface area contributed by atoms with E-state index in [0.29, 0.717) is 0 Å². The van der Waals surface area contributed by atoms with E-state index in [4.69, 9.17) is 18.9 Å². The second-order valence-electron chi connectivity index (χ2n) is 27.6. The van der Waals surface area contributed by atoms with Crippen molar-refractivity contribution in [3.63, 3.8) is 0 Å². The number of carbonyl (C=O) groups is 9. The molecule has 10 rings (SSSR count). The van der Waals surface area contributed by atoms with Crippen LogP contribution in [-0.2, 0) is 49.4 Å². The van der Waals surface area contributed by atoms with Crippen LogP contribution in [-0.4, -0.2) is 242 Å². The van der Waals surface area contributed by atoms with Crippen molar-refractivity contribution in [1.29, 1.82) is 0 Å². The van der Waals surface area contributed by atoms with Crippen molar-refractivity contribution in [1.82, 2.24) is 46.6 Å². The average Bonchev–Trinajstić information content (AvgIpc) is 1.62. The summed E-state index contributed by atoms with van der Waals surface area (Å²) in [6, 6.07) is 23.5. The summed E-state index contributed by atoms with van der Waals surface area (Å²) in [5, 5.41) is 95.6. The minimum atomic E-state index is -2.18. The molecule has 0 radical (unpaired) electrons. The minimum absolute atomic E-state index is 0.0379. The minimum Gasteiger partial charge on any atom is -0.504 e. The van der Waals surface area contributed by atoms with Crippen LogP contribution in [0.2, 0.25) is 0 Å². The highest BCUT2D eigenvalue weighted by Crippen LogP contribution is 2.46. The molecule has 3 aliphatic heterocycles. The maximum atomic E-state index is 15.3. The number of fused-ring (bicyclic) bond motifs is 8. The third-order valence-corrected chi connectivity index (χ3v) is 19.0. The number of β-amino-alcohol motifs (C(OH)–C–C–N with tert-alkyl or cyclic N) is 1. The Balaban J connectivity index is 0.912. The zero-order chi connectivity index (χ0) is 73.4. The molecule has 29 heteroatoms. The number of aliphatic hydroxyl groups excluding tert-OH is 6. The Morgan fingerprint density at radius 2 is 1.20 bits per heavy atom. The van der Waals surface area contributed by atoms with E-state index in [9.17, 15) is 69.3 Å². The molecular weight excluding hydrogens is 1320 g/mol. The number of amides is 9. The van der Waals surface area contributed by atoms with Crippen LogP contribution in [0.1, 0.15) is 93.5 Å². The van der Waals surface area contributed by atoms with Crippen LogP contribution >= 0.6 is 0 Å². The molecule has 3 saturated heterocycles. The first-order valence-electron chi connectivity index (χ1n) is 34.0. The van der Waals surface area contributed by atoms with Crippen LogP contribution in [0.15, 0.2) is 115 Å². The molecule has 9 amide bonds. The highest BCUT2D eigenvalue weighted by atomic mass is 16.6. The summed E-state index contributed by atoms with van der Waals surface area (Å²) < 4.78 is 22.8. The molecule has 5 aliphatic rings. The van der Waals surface area contributed by atoms with Gasteiger partial charge in [0.1, 0.15) is 61.7 Å². The van der Waals surface area contributed by atoms with Gasteiger partial charge in [0.15, 0.2) is 11.5 Å². The number of benzene rings is 5. The SMILES string of the molecule is C[C@@H](O)[C@@H]1NC(=O)[C@@H](NC(=O)OC(C)(C)C)C[C@@H](O)CNC(=O)[C@@H]2[C@@H](O)[C@@H](C)CN2C(=O)[C@H]([C@H](O)CCNC(=O)OCC2c3ccccc3-c3ccccc32)NC(=O)[C@H]([C@H](O)Cc2ccc(O)c(OCCN(C)C(=O)OCC3c4ccccc4-c4ccccc43)c2)NC(=O)[C@@H]2C[C@@H](O)CN2C1=O. The topological polar surface area (TPSA) is 414 Å². The Bertz CT molecular complexity index is 3830. The normalized spacial score (nSPS) is 24.3. The molecule has 0 unspecified atom stereocenters. The van der Waals surface area contributed by atoms with Crippen LogP contribution in [0.3, 0.4) is 0 Å². The third-order valence-electron chi connectivity index (χ3n) is 19.0. The van der Waals surface area contributed by atoms with E-state index in [1.807, 2.05) is 97.1 Å². The van der Waals surface area contributed by atoms with Gasteiger partial charge in [-0.3, -0.25) is 28.8 Å². The number of phenolic OH excluding ortho intramolecular Hbond substituents is 1. The lowest BCUT2D eigenvalue weighted by molar-refractivity contribution is -0.147. The van der Waals surface area contributed by atoms with Gasteiger partial charge in [0, 0.05) is 70.2 Å². The average molecular weight is 1410 g/mol. The number of aliphatic hydroxyl groups is 6. The number of hydrogen-bond donors (Lipinski definition) is 13. The first kappa shape index (κ1) is 74.8. The number of nitrogens with zero attached hydrogens (tertiary/aromatic N) is 3. The highest BCUT2D eigenvalue weighted by molar-refractivity contribution is 5.98. The molecule has 0 bridgehead atoms. The number of carbonyl (C=O) groups excluding carboxylic acids is 9. The zero-order valence-corrected chi connectivity index (χ0v) is 57.4. The summed E-state index contributed by atoms with van der Waals surface area (Å²) in [4.78, 5) is 132. The second kappa shape index (κ2) is 32.4. The van der Waals surface area contributed by atoms with Gasteiger partial charge >= 0.3 is 18.3 Å². The van der Waals surface area contributed by atoms with Crippen molar-refractivity contribution >= 4 is 53.7 Å². The molecule has 13 N–H and O–H groups in total. The molecule has 0 aromatic heterocycles. The third kappa shape index (κ3) is 17.3. The zero-order valence-electron chi connectivity index (χ0n) is 57.4. The number of alkyl carbamates (subject to hydrolysis) is 2. The molecule has 5 aromatic rings. The molecular formula is C73H89N9O20. The number of rotatable bonds is 17. The van der Waals surface area contributed by atoms with E-state index >= 15 is 9.59 Å². The van der Waals surface area contributed by atoms with Crippen molar-refractivity contribution < 1.29 is 97.8 Å². The Morgan fingerprint density at radius 3 is 1.77 bits per heavy atom. The van der Waals surface area contributed by atoms with Gasteiger partial charge in [0.25, 0.3) is 0 Å². The molecule has 102 heavy (non-hydrogen) atoms. The number of nitrogens with one attached hydrogen (secondary N) is 6. The molecule has 0 spiro atoms. The summed E-state index contributed by atoms with van der Waals surface area (Å²) in [5.74, 6) is -9.04. The monoisotopic (exact) mass is 1410 g/mol. The fraction of sp³-hybridized carbons (Fsp3) is 0.466. The van der Waals surface area contributed by atoms with Crippen LogP contribution in [0.25, 0.3) is 22.3 Å². The number of aromatic hydroxyl groups is 1. The van der Waals surface area contributed by atoms with E-state index in [0.717, 1.165) is 61.2 Å². The van der Waals surface area contributed by atoms with Gasteiger partial charge in [0.05, 0.1) is 43.2 Å². The highest BCUT2D eigenvalue weighted by Gasteiger charge is 2.50. The van der Waals surface area contributed by atoms with Gasteiger partial charge in [-0.25, -0.2) is 14.4 Å². The number of ether oxygens (including phenoxy) is 4. The summed E-state index contributed by atoms with van der Waals surface area (Å²) in [5.41, 5.74) is 7.04. The first-order chi connectivity index (χ1) is 48.6. The van der Waals surface area contributed by atoms with E-state index < -0.39 is 183 Å². The van der Waals surface area contributed by atoms with Gasteiger partial charge < -0.3 is 101 Å². The van der Waals surface area contributed by atoms with Crippen LogP contribution in [0.4, 0.5) is 14.4 Å². The molecule has 2 aliphatic carbocycles. The van der Waals surface area contributed by atoms with E-state index in [-0.39, 0.29) is 61.8 Å². The van der Waals surface area contributed by atoms with Crippen molar-refractivity contribution in [3.8, 4) is 33.8 Å². The number of hydrogen-bond acceptors (Lipinski definition) is 20. The Morgan fingerprint density at radius 1 is 0.647 bits per heavy atom. The summed E-state index contributed by atoms with van der Waals surface area (Å²) in [6.07, 6.45) is -15.6. The Labute approximate surface area is 588 Å². The summed E-state index contributed by atoms with van der Waals surface area (Å²) in [6.45, 7) is 4.91. The van der Waals surface area contributed by atoms with E-state index in [1.165, 1.54) is 57.8 Å². The lowest BCUT2D eigenvalue weighted by Gasteiger charge is -2.34. The van der Waals surface area contributed by atoms with Crippen LogP contribution in [0.5, 0.6) is 11.5 Å². The maximum Gasteiger partial charge on any atom is 0.409 e. The fourth-order valence-electron chi connectivity index (χ4n) is 13.8. The van der Waals surface area contributed by atoms with E-state index in [2.05, 4.69) is 31.9 Å². The lowest BCUT2D eigenvalue weighted by Crippen LogP contribution is -2.64. The molecule has 29 nitrogen and oxygen atoms in total.